The average molecular weight is 576 g/mol. The van der Waals surface area contributed by atoms with E-state index >= 15 is 0 Å². The number of likely N-dealkylation sites (tertiary alicyclic amines) is 1. The fourth-order valence-electron chi connectivity index (χ4n) is 4.70. The van der Waals surface area contributed by atoms with Crippen LogP contribution in [0.5, 0.6) is 0 Å². The number of hydrogen-bond acceptors (Lipinski definition) is 8. The third kappa shape index (κ3) is 9.84. The molecule has 11 nitrogen and oxygen atoms in total. The van der Waals surface area contributed by atoms with Gasteiger partial charge in [0.15, 0.2) is 0 Å². The fourth-order valence-corrected chi connectivity index (χ4v) is 4.70. The monoisotopic (exact) mass is 575 g/mol. The van der Waals surface area contributed by atoms with Crippen molar-refractivity contribution in [2.45, 2.75) is 103 Å². The first-order valence-corrected chi connectivity index (χ1v) is 14.4. The van der Waals surface area contributed by atoms with Crippen molar-refractivity contribution in [1.82, 2.24) is 10.2 Å². The summed E-state index contributed by atoms with van der Waals surface area (Å²) in [5.74, 6) is -3.97. The number of aliphatic carboxylic acids is 1. The molecule has 0 aliphatic carbocycles. The number of carboxylic acid groups (broad SMARTS) is 1. The SMILES string of the molecule is CCCC(=O)O[C@@H]1CCN(C(=O)[C@@H](N)C(C)C)[C@@H]1[C@H](CC(=O)O)OC(=O)[C@H](Cc1ccccc1)NC(=O)C(C)CC. The van der Waals surface area contributed by atoms with Gasteiger partial charge in [0.1, 0.15) is 24.3 Å². The van der Waals surface area contributed by atoms with E-state index in [0.717, 1.165) is 5.56 Å². The molecule has 2 amide bonds. The quantitative estimate of drug-likeness (QED) is 0.266. The molecule has 1 aliphatic heterocycles. The molecule has 1 fully saturated rings. The normalized spacial score (nSPS) is 19.6. The molecular formula is C30H45N3O8. The molecule has 1 heterocycles. The highest BCUT2D eigenvalue weighted by Crippen LogP contribution is 2.29. The highest BCUT2D eigenvalue weighted by molar-refractivity contribution is 5.86. The number of nitrogens with zero attached hydrogens (tertiary/aromatic N) is 1. The second-order valence-corrected chi connectivity index (χ2v) is 11.0. The van der Waals surface area contributed by atoms with Gasteiger partial charge in [-0.15, -0.1) is 0 Å². The van der Waals surface area contributed by atoms with Crippen LogP contribution in [0.3, 0.4) is 0 Å². The van der Waals surface area contributed by atoms with E-state index in [9.17, 15) is 29.1 Å². The number of amides is 2. The Morgan fingerprint density at radius 3 is 2.32 bits per heavy atom. The second-order valence-electron chi connectivity index (χ2n) is 11.0. The van der Waals surface area contributed by atoms with Gasteiger partial charge in [-0.3, -0.25) is 19.2 Å². The Labute approximate surface area is 242 Å². The number of rotatable bonds is 15. The van der Waals surface area contributed by atoms with Crippen LogP contribution in [-0.4, -0.2) is 76.6 Å². The smallest absolute Gasteiger partial charge is 0.329 e. The van der Waals surface area contributed by atoms with E-state index < -0.39 is 60.6 Å². The van der Waals surface area contributed by atoms with Gasteiger partial charge in [0.05, 0.1) is 12.5 Å². The van der Waals surface area contributed by atoms with Gasteiger partial charge in [0, 0.05) is 31.7 Å². The maximum atomic E-state index is 13.6. The molecule has 0 saturated carbocycles. The maximum Gasteiger partial charge on any atom is 0.329 e. The Morgan fingerprint density at radius 2 is 1.76 bits per heavy atom. The molecule has 41 heavy (non-hydrogen) atoms. The molecule has 0 spiro atoms. The van der Waals surface area contributed by atoms with Crippen molar-refractivity contribution in [1.29, 1.82) is 0 Å². The number of nitrogens with two attached hydrogens (primary N) is 1. The molecular weight excluding hydrogens is 530 g/mol. The standard InChI is InChI=1S/C30H45N3O8/c1-6-11-25(36)40-22-14-15-33(29(38)26(31)18(3)4)27(22)23(17-24(34)35)41-30(39)21(32-28(37)19(5)7-2)16-20-12-9-8-10-13-20/h8-10,12-13,18-19,21-23,26-27H,6-7,11,14-17,31H2,1-5H3,(H,32,37)(H,34,35)/t19?,21-,22+,23-,26-,27-/m0/s1. The van der Waals surface area contributed by atoms with Gasteiger partial charge in [-0.05, 0) is 24.3 Å². The minimum absolute atomic E-state index is 0.113. The van der Waals surface area contributed by atoms with E-state index in [0.29, 0.717) is 12.8 Å². The molecule has 228 valence electrons. The van der Waals surface area contributed by atoms with Gasteiger partial charge in [-0.25, -0.2) is 4.79 Å². The lowest BCUT2D eigenvalue weighted by molar-refractivity contribution is -0.168. The highest BCUT2D eigenvalue weighted by atomic mass is 16.6. The molecule has 2 rings (SSSR count). The van der Waals surface area contributed by atoms with E-state index in [2.05, 4.69) is 5.32 Å². The Balaban J connectivity index is 2.44. The minimum atomic E-state index is -1.36. The van der Waals surface area contributed by atoms with Crippen molar-refractivity contribution in [2.75, 3.05) is 6.54 Å². The molecule has 0 radical (unpaired) electrons. The Morgan fingerprint density at radius 1 is 1.10 bits per heavy atom. The molecule has 1 saturated heterocycles. The summed E-state index contributed by atoms with van der Waals surface area (Å²) < 4.78 is 11.5. The lowest BCUT2D eigenvalue weighted by atomic mass is 9.99. The number of nitrogens with one attached hydrogen (secondary N) is 1. The van der Waals surface area contributed by atoms with Crippen molar-refractivity contribution in [3.8, 4) is 0 Å². The van der Waals surface area contributed by atoms with Crippen LogP contribution in [0, 0.1) is 11.8 Å². The summed E-state index contributed by atoms with van der Waals surface area (Å²) in [4.78, 5) is 65.6. The summed E-state index contributed by atoms with van der Waals surface area (Å²) in [6.45, 7) is 9.14. The minimum Gasteiger partial charge on any atom is -0.481 e. The van der Waals surface area contributed by atoms with E-state index in [-0.39, 0.29) is 43.6 Å². The molecule has 1 aromatic carbocycles. The molecule has 1 unspecified atom stereocenters. The Kier molecular flexibility index (Phi) is 13.2. The number of hydrogen-bond donors (Lipinski definition) is 3. The van der Waals surface area contributed by atoms with Crippen LogP contribution in [0.15, 0.2) is 30.3 Å². The van der Waals surface area contributed by atoms with Gasteiger partial charge < -0.3 is 30.5 Å². The Bertz CT molecular complexity index is 1050. The van der Waals surface area contributed by atoms with Crippen molar-refractivity contribution in [2.24, 2.45) is 17.6 Å². The van der Waals surface area contributed by atoms with E-state index in [4.69, 9.17) is 15.2 Å². The predicted octanol–water partition coefficient (Wildman–Crippen LogP) is 2.44. The van der Waals surface area contributed by atoms with Crippen molar-refractivity contribution >= 4 is 29.7 Å². The third-order valence-corrected chi connectivity index (χ3v) is 7.39. The summed E-state index contributed by atoms with van der Waals surface area (Å²) in [7, 11) is 0. The lowest BCUT2D eigenvalue weighted by Crippen LogP contribution is -2.56. The van der Waals surface area contributed by atoms with Gasteiger partial charge in [0.25, 0.3) is 0 Å². The van der Waals surface area contributed by atoms with Crippen molar-refractivity contribution < 1.29 is 38.6 Å². The first kappa shape index (κ1) is 33.7. The Hall–Kier alpha value is -3.47. The number of ether oxygens (including phenoxy) is 2. The third-order valence-electron chi connectivity index (χ3n) is 7.39. The summed E-state index contributed by atoms with van der Waals surface area (Å²) in [5, 5.41) is 12.5. The summed E-state index contributed by atoms with van der Waals surface area (Å²) in [6, 6.07) is 5.98. The van der Waals surface area contributed by atoms with Crippen LogP contribution in [-0.2, 0) is 39.9 Å². The zero-order valence-electron chi connectivity index (χ0n) is 24.7. The van der Waals surface area contributed by atoms with Crippen molar-refractivity contribution in [3.63, 3.8) is 0 Å². The molecule has 4 N–H and O–H groups in total. The van der Waals surface area contributed by atoms with E-state index in [1.165, 1.54) is 4.90 Å². The zero-order chi connectivity index (χ0) is 30.7. The topological polar surface area (TPSA) is 165 Å². The highest BCUT2D eigenvalue weighted by Gasteiger charge is 2.48. The van der Waals surface area contributed by atoms with Crippen LogP contribution in [0.1, 0.15) is 72.3 Å². The van der Waals surface area contributed by atoms with Gasteiger partial charge >= 0.3 is 17.9 Å². The fraction of sp³-hybridized carbons (Fsp3) is 0.633. The van der Waals surface area contributed by atoms with Crippen molar-refractivity contribution in [3.05, 3.63) is 35.9 Å². The predicted molar refractivity (Wildman–Crippen MR) is 151 cm³/mol. The molecule has 1 aromatic rings. The first-order chi connectivity index (χ1) is 19.4. The van der Waals surface area contributed by atoms with Gasteiger partial charge in [0.2, 0.25) is 11.8 Å². The van der Waals surface area contributed by atoms with Crippen LogP contribution in [0.4, 0.5) is 0 Å². The number of carboxylic acids is 1. The van der Waals surface area contributed by atoms with Crippen LogP contribution < -0.4 is 11.1 Å². The summed E-state index contributed by atoms with van der Waals surface area (Å²) in [5.41, 5.74) is 6.92. The van der Waals surface area contributed by atoms with Crippen LogP contribution in [0.2, 0.25) is 0 Å². The average Bonchev–Trinajstić information content (AvgIpc) is 3.34. The largest absolute Gasteiger partial charge is 0.481 e. The summed E-state index contributed by atoms with van der Waals surface area (Å²) in [6.07, 6.45) is -1.29. The number of benzene rings is 1. The number of esters is 2. The zero-order valence-corrected chi connectivity index (χ0v) is 24.7. The first-order valence-electron chi connectivity index (χ1n) is 14.4. The molecule has 1 aliphatic rings. The maximum absolute atomic E-state index is 13.6. The molecule has 0 aromatic heterocycles. The van der Waals surface area contributed by atoms with Crippen LogP contribution in [0.25, 0.3) is 0 Å². The summed E-state index contributed by atoms with van der Waals surface area (Å²) >= 11 is 0. The molecule has 0 bridgehead atoms. The van der Waals surface area contributed by atoms with E-state index in [1.807, 2.05) is 19.9 Å². The van der Waals surface area contributed by atoms with Crippen LogP contribution >= 0.6 is 0 Å². The lowest BCUT2D eigenvalue weighted by Gasteiger charge is -2.35. The second kappa shape index (κ2) is 16.1. The number of carbonyl (C=O) groups is 5. The van der Waals surface area contributed by atoms with E-state index in [1.54, 1.807) is 45.0 Å². The molecule has 6 atom stereocenters. The molecule has 11 heteroatoms. The van der Waals surface area contributed by atoms with Gasteiger partial charge in [-0.1, -0.05) is 65.0 Å². The number of carbonyl (C=O) groups excluding carboxylic acids is 4. The van der Waals surface area contributed by atoms with Gasteiger partial charge in [-0.2, -0.15) is 0 Å².